The van der Waals surface area contributed by atoms with Crippen LogP contribution in [0.2, 0.25) is 0 Å². The number of benzene rings is 1. The van der Waals surface area contributed by atoms with Gasteiger partial charge in [0.1, 0.15) is 6.04 Å². The van der Waals surface area contributed by atoms with Crippen LogP contribution in [0, 0.1) is 0 Å². The molecule has 0 saturated carbocycles. The van der Waals surface area contributed by atoms with E-state index in [4.69, 9.17) is 4.74 Å². The minimum atomic E-state index is -0.232. The first kappa shape index (κ1) is 17.4. The predicted octanol–water partition coefficient (Wildman–Crippen LogP) is 1.53. The van der Waals surface area contributed by atoms with E-state index >= 15 is 0 Å². The number of likely N-dealkylation sites (tertiary alicyclic amines) is 1. The van der Waals surface area contributed by atoms with Gasteiger partial charge in [-0.3, -0.25) is 9.69 Å². The van der Waals surface area contributed by atoms with Gasteiger partial charge in [-0.1, -0.05) is 36.8 Å². The Hall–Kier alpha value is -1.43. The van der Waals surface area contributed by atoms with Crippen molar-refractivity contribution in [3.05, 3.63) is 35.9 Å². The van der Waals surface area contributed by atoms with Gasteiger partial charge in [0.15, 0.2) is 0 Å². The molecule has 2 saturated heterocycles. The van der Waals surface area contributed by atoms with Crippen LogP contribution in [0.25, 0.3) is 0 Å². The number of hydrogen-bond acceptors (Lipinski definition) is 4. The van der Waals surface area contributed by atoms with Crippen LogP contribution >= 0.6 is 0 Å². The Labute approximate surface area is 144 Å². The summed E-state index contributed by atoms with van der Waals surface area (Å²) in [6.07, 6.45) is 3.57. The molecule has 1 amide bonds. The van der Waals surface area contributed by atoms with E-state index in [-0.39, 0.29) is 18.1 Å². The maximum absolute atomic E-state index is 12.4. The third-order valence-corrected chi connectivity index (χ3v) is 5.09. The molecule has 2 fully saturated rings. The van der Waals surface area contributed by atoms with Crippen LogP contribution in [0.4, 0.5) is 0 Å². The molecule has 5 nitrogen and oxygen atoms in total. The van der Waals surface area contributed by atoms with E-state index in [1.807, 2.05) is 6.92 Å². The minimum absolute atomic E-state index is 0.0624. The first-order chi connectivity index (χ1) is 11.7. The van der Waals surface area contributed by atoms with Gasteiger partial charge in [-0.2, -0.15) is 0 Å². The van der Waals surface area contributed by atoms with Gasteiger partial charge in [0, 0.05) is 25.7 Å². The Morgan fingerprint density at radius 1 is 1.33 bits per heavy atom. The molecule has 1 unspecified atom stereocenters. The van der Waals surface area contributed by atoms with Gasteiger partial charge in [0.05, 0.1) is 12.7 Å². The largest absolute Gasteiger partial charge is 0.375 e. The molecule has 2 heterocycles. The average molecular weight is 331 g/mol. The normalized spacial score (nSPS) is 28.5. The van der Waals surface area contributed by atoms with E-state index in [1.165, 1.54) is 18.4 Å². The summed E-state index contributed by atoms with van der Waals surface area (Å²) in [6, 6.07) is 10.8. The van der Waals surface area contributed by atoms with Gasteiger partial charge in [-0.25, -0.2) is 0 Å². The Morgan fingerprint density at radius 3 is 2.96 bits per heavy atom. The lowest BCUT2D eigenvalue weighted by molar-refractivity contribution is -0.129. The molecule has 5 heteroatoms. The number of ether oxygens (including phenoxy) is 1. The van der Waals surface area contributed by atoms with E-state index in [0.717, 1.165) is 32.6 Å². The van der Waals surface area contributed by atoms with Crippen LogP contribution < -0.4 is 10.6 Å². The van der Waals surface area contributed by atoms with Gasteiger partial charge in [0.25, 0.3) is 0 Å². The number of rotatable bonds is 5. The van der Waals surface area contributed by atoms with Gasteiger partial charge in [-0.05, 0) is 31.9 Å². The lowest BCUT2D eigenvalue weighted by Crippen LogP contribution is -2.57. The van der Waals surface area contributed by atoms with Crippen molar-refractivity contribution in [3.8, 4) is 0 Å². The highest BCUT2D eigenvalue weighted by Gasteiger charge is 2.29. The molecule has 132 valence electrons. The SMILES string of the molecule is C[C@H]1OCCN[C@@H]1C(=O)NCC1CCCCN1Cc1ccccc1. The average Bonchev–Trinajstić information content (AvgIpc) is 2.62. The smallest absolute Gasteiger partial charge is 0.239 e. The second-order valence-electron chi connectivity index (χ2n) is 6.86. The van der Waals surface area contributed by atoms with Crippen LogP contribution in [-0.4, -0.2) is 55.2 Å². The molecule has 1 aromatic carbocycles. The van der Waals surface area contributed by atoms with Crippen molar-refractivity contribution in [1.29, 1.82) is 0 Å². The molecular formula is C19H29N3O2. The number of hydrogen-bond donors (Lipinski definition) is 2. The monoisotopic (exact) mass is 331 g/mol. The maximum atomic E-state index is 12.4. The number of morpholine rings is 1. The molecule has 2 aliphatic rings. The van der Waals surface area contributed by atoms with Crippen LogP contribution in [0.5, 0.6) is 0 Å². The number of carbonyl (C=O) groups is 1. The zero-order chi connectivity index (χ0) is 16.8. The Morgan fingerprint density at radius 2 is 2.17 bits per heavy atom. The summed E-state index contributed by atoms with van der Waals surface area (Å²) < 4.78 is 5.57. The van der Waals surface area contributed by atoms with Crippen molar-refractivity contribution < 1.29 is 9.53 Å². The minimum Gasteiger partial charge on any atom is -0.375 e. The van der Waals surface area contributed by atoms with Crippen LogP contribution in [0.3, 0.4) is 0 Å². The molecule has 24 heavy (non-hydrogen) atoms. The first-order valence-electron chi connectivity index (χ1n) is 9.15. The van der Waals surface area contributed by atoms with E-state index < -0.39 is 0 Å². The molecule has 3 rings (SSSR count). The number of carbonyl (C=O) groups excluding carboxylic acids is 1. The highest BCUT2D eigenvalue weighted by Crippen LogP contribution is 2.19. The number of nitrogens with one attached hydrogen (secondary N) is 2. The van der Waals surface area contributed by atoms with Crippen LogP contribution in [-0.2, 0) is 16.1 Å². The third-order valence-electron chi connectivity index (χ3n) is 5.09. The summed E-state index contributed by atoms with van der Waals surface area (Å²) in [4.78, 5) is 15.0. The summed E-state index contributed by atoms with van der Waals surface area (Å²) in [5.41, 5.74) is 1.34. The highest BCUT2D eigenvalue weighted by molar-refractivity contribution is 5.82. The van der Waals surface area contributed by atoms with Crippen molar-refractivity contribution in [2.24, 2.45) is 0 Å². The summed E-state index contributed by atoms with van der Waals surface area (Å²) in [5, 5.41) is 6.40. The summed E-state index contributed by atoms with van der Waals surface area (Å²) in [7, 11) is 0. The molecule has 0 spiro atoms. The van der Waals surface area contributed by atoms with E-state index in [0.29, 0.717) is 12.6 Å². The molecular weight excluding hydrogens is 302 g/mol. The summed E-state index contributed by atoms with van der Waals surface area (Å²) >= 11 is 0. The quantitative estimate of drug-likeness (QED) is 0.859. The van der Waals surface area contributed by atoms with Crippen molar-refractivity contribution in [3.63, 3.8) is 0 Å². The molecule has 2 N–H and O–H groups in total. The van der Waals surface area contributed by atoms with Gasteiger partial charge in [-0.15, -0.1) is 0 Å². The van der Waals surface area contributed by atoms with Crippen molar-refractivity contribution in [1.82, 2.24) is 15.5 Å². The topological polar surface area (TPSA) is 53.6 Å². The number of nitrogens with zero attached hydrogens (tertiary/aromatic N) is 1. The second kappa shape index (κ2) is 8.60. The van der Waals surface area contributed by atoms with Crippen molar-refractivity contribution in [2.45, 2.75) is 50.9 Å². The Bertz CT molecular complexity index is 523. The first-order valence-corrected chi connectivity index (χ1v) is 9.15. The molecule has 2 aliphatic heterocycles. The predicted molar refractivity (Wildman–Crippen MR) is 94.7 cm³/mol. The Balaban J connectivity index is 1.53. The molecule has 0 radical (unpaired) electrons. The number of piperidine rings is 1. The fourth-order valence-electron chi connectivity index (χ4n) is 3.67. The van der Waals surface area contributed by atoms with Gasteiger partial charge in [0.2, 0.25) is 5.91 Å². The van der Waals surface area contributed by atoms with E-state index in [9.17, 15) is 4.79 Å². The summed E-state index contributed by atoms with van der Waals surface area (Å²) in [5.74, 6) is 0.0624. The lowest BCUT2D eigenvalue weighted by atomic mass is 10.0. The van der Waals surface area contributed by atoms with Gasteiger partial charge >= 0.3 is 0 Å². The van der Waals surface area contributed by atoms with E-state index in [2.05, 4.69) is 45.9 Å². The van der Waals surface area contributed by atoms with E-state index in [1.54, 1.807) is 0 Å². The molecule has 0 bridgehead atoms. The fourth-order valence-corrected chi connectivity index (χ4v) is 3.67. The van der Waals surface area contributed by atoms with Crippen LogP contribution in [0.15, 0.2) is 30.3 Å². The summed E-state index contributed by atoms with van der Waals surface area (Å²) in [6.45, 7) is 6.17. The van der Waals surface area contributed by atoms with Crippen molar-refractivity contribution in [2.75, 3.05) is 26.2 Å². The maximum Gasteiger partial charge on any atom is 0.239 e. The number of amides is 1. The molecule has 1 aromatic rings. The van der Waals surface area contributed by atoms with Crippen LogP contribution in [0.1, 0.15) is 31.7 Å². The Kier molecular flexibility index (Phi) is 6.24. The fraction of sp³-hybridized carbons (Fsp3) is 0.632. The molecule has 0 aliphatic carbocycles. The lowest BCUT2D eigenvalue weighted by Gasteiger charge is -2.36. The van der Waals surface area contributed by atoms with Gasteiger partial charge < -0.3 is 15.4 Å². The standard InChI is InChI=1S/C19H29N3O2/c1-15-18(20-10-12-24-15)19(23)21-13-17-9-5-6-11-22(17)14-16-7-3-2-4-8-16/h2-4,7-8,15,17-18,20H,5-6,9-14H2,1H3,(H,21,23)/t15-,17?,18+/m1/s1. The molecule has 3 atom stereocenters. The molecule has 0 aromatic heterocycles. The van der Waals surface area contributed by atoms with Crippen molar-refractivity contribution >= 4 is 5.91 Å². The third kappa shape index (κ3) is 4.56. The highest BCUT2D eigenvalue weighted by atomic mass is 16.5. The zero-order valence-electron chi connectivity index (χ0n) is 14.5. The second-order valence-corrected chi connectivity index (χ2v) is 6.86. The zero-order valence-corrected chi connectivity index (χ0v) is 14.5.